The fourth-order valence-electron chi connectivity index (χ4n) is 2.51. The summed E-state index contributed by atoms with van der Waals surface area (Å²) in [5, 5.41) is 7.80. The van der Waals surface area contributed by atoms with Crippen LogP contribution in [-0.2, 0) is 6.54 Å². The molecule has 1 N–H and O–H groups in total. The van der Waals surface area contributed by atoms with Gasteiger partial charge in [0.15, 0.2) is 0 Å². The summed E-state index contributed by atoms with van der Waals surface area (Å²) in [6.45, 7) is 9.33. The zero-order chi connectivity index (χ0) is 13.3. The summed E-state index contributed by atoms with van der Waals surface area (Å²) in [7, 11) is 1.96. The van der Waals surface area contributed by atoms with Gasteiger partial charge in [-0.15, -0.1) is 0 Å². The van der Waals surface area contributed by atoms with Gasteiger partial charge < -0.3 is 5.32 Å². The Balaban J connectivity index is 2.52. The molecular weight excluding hydrogens is 222 g/mol. The molecule has 0 aliphatic carbocycles. The van der Waals surface area contributed by atoms with Crippen LogP contribution in [0, 0.1) is 27.7 Å². The van der Waals surface area contributed by atoms with Crippen molar-refractivity contribution < 1.29 is 0 Å². The van der Waals surface area contributed by atoms with Gasteiger partial charge in [0.05, 0.1) is 11.4 Å². The highest BCUT2D eigenvalue weighted by Gasteiger charge is 2.10. The van der Waals surface area contributed by atoms with Crippen molar-refractivity contribution in [1.82, 2.24) is 15.1 Å². The van der Waals surface area contributed by atoms with Crippen LogP contribution in [0.5, 0.6) is 0 Å². The van der Waals surface area contributed by atoms with Gasteiger partial charge >= 0.3 is 0 Å². The molecular formula is C15H21N3. The van der Waals surface area contributed by atoms with E-state index in [0.29, 0.717) is 0 Å². The molecule has 96 valence electrons. The predicted molar refractivity (Wildman–Crippen MR) is 75.3 cm³/mol. The first-order valence-corrected chi connectivity index (χ1v) is 6.31. The average molecular weight is 243 g/mol. The van der Waals surface area contributed by atoms with Crippen molar-refractivity contribution in [3.8, 4) is 5.69 Å². The normalized spacial score (nSPS) is 10.9. The van der Waals surface area contributed by atoms with Crippen molar-refractivity contribution in [3.63, 3.8) is 0 Å². The smallest absolute Gasteiger partial charge is 0.0704 e. The lowest BCUT2D eigenvalue weighted by Gasteiger charge is -2.11. The third-order valence-electron chi connectivity index (χ3n) is 3.23. The van der Waals surface area contributed by atoms with E-state index >= 15 is 0 Å². The molecule has 1 aromatic carbocycles. The second-order valence-corrected chi connectivity index (χ2v) is 4.96. The van der Waals surface area contributed by atoms with Crippen LogP contribution in [0.2, 0.25) is 0 Å². The number of rotatable bonds is 3. The zero-order valence-corrected chi connectivity index (χ0v) is 11.8. The van der Waals surface area contributed by atoms with Crippen molar-refractivity contribution >= 4 is 0 Å². The van der Waals surface area contributed by atoms with Crippen LogP contribution in [0.3, 0.4) is 0 Å². The predicted octanol–water partition coefficient (Wildman–Crippen LogP) is 2.83. The molecule has 0 amide bonds. The van der Waals surface area contributed by atoms with Gasteiger partial charge in [0.25, 0.3) is 0 Å². The number of hydrogen-bond donors (Lipinski definition) is 1. The second kappa shape index (κ2) is 4.94. The molecule has 2 aromatic rings. The second-order valence-electron chi connectivity index (χ2n) is 4.96. The first-order valence-electron chi connectivity index (χ1n) is 6.31. The Labute approximate surface area is 109 Å². The van der Waals surface area contributed by atoms with Crippen molar-refractivity contribution in [2.75, 3.05) is 7.05 Å². The maximum atomic E-state index is 4.63. The fourth-order valence-corrected chi connectivity index (χ4v) is 2.51. The van der Waals surface area contributed by atoms with Crippen molar-refractivity contribution in [2.45, 2.75) is 34.2 Å². The van der Waals surface area contributed by atoms with Crippen LogP contribution >= 0.6 is 0 Å². The van der Waals surface area contributed by atoms with Crippen molar-refractivity contribution in [2.24, 2.45) is 0 Å². The van der Waals surface area contributed by atoms with Gasteiger partial charge in [0.1, 0.15) is 0 Å². The van der Waals surface area contributed by atoms with E-state index in [-0.39, 0.29) is 0 Å². The molecule has 0 aliphatic rings. The monoisotopic (exact) mass is 243 g/mol. The number of benzene rings is 1. The molecule has 3 heteroatoms. The third-order valence-corrected chi connectivity index (χ3v) is 3.23. The highest BCUT2D eigenvalue weighted by molar-refractivity contribution is 5.49. The Morgan fingerprint density at radius 1 is 1.11 bits per heavy atom. The van der Waals surface area contributed by atoms with Crippen LogP contribution in [0.4, 0.5) is 0 Å². The molecule has 0 unspecified atom stereocenters. The van der Waals surface area contributed by atoms with Crippen LogP contribution in [0.25, 0.3) is 5.69 Å². The molecule has 0 aliphatic heterocycles. The fraction of sp³-hybridized carbons (Fsp3) is 0.400. The first kappa shape index (κ1) is 12.8. The molecule has 3 nitrogen and oxygen atoms in total. The maximum Gasteiger partial charge on any atom is 0.0704 e. The summed E-state index contributed by atoms with van der Waals surface area (Å²) >= 11 is 0. The number of nitrogens with one attached hydrogen (secondary N) is 1. The standard InChI is InChI=1S/C15H21N3/c1-10-6-11(2)15(12(3)7-10)18-9-14(8-16-5)13(4)17-18/h6-7,9,16H,8H2,1-5H3. The van der Waals surface area contributed by atoms with Crippen LogP contribution in [0.15, 0.2) is 18.3 Å². The molecule has 0 atom stereocenters. The lowest BCUT2D eigenvalue weighted by molar-refractivity contribution is 0.812. The summed E-state index contributed by atoms with van der Waals surface area (Å²) in [4.78, 5) is 0. The molecule has 0 fully saturated rings. The number of hydrogen-bond acceptors (Lipinski definition) is 2. The Morgan fingerprint density at radius 2 is 1.72 bits per heavy atom. The quantitative estimate of drug-likeness (QED) is 0.898. The molecule has 0 spiro atoms. The Kier molecular flexibility index (Phi) is 3.53. The minimum Gasteiger partial charge on any atom is -0.316 e. The highest BCUT2D eigenvalue weighted by Crippen LogP contribution is 2.21. The van der Waals surface area contributed by atoms with Crippen molar-refractivity contribution in [1.29, 1.82) is 0 Å². The zero-order valence-electron chi connectivity index (χ0n) is 11.8. The number of nitrogens with zero attached hydrogens (tertiary/aromatic N) is 2. The Bertz CT molecular complexity index is 544. The average Bonchev–Trinajstić information content (AvgIpc) is 2.59. The number of aryl methyl sites for hydroxylation is 4. The van der Waals surface area contributed by atoms with Crippen molar-refractivity contribution in [3.05, 3.63) is 46.3 Å². The minimum atomic E-state index is 0.857. The van der Waals surface area contributed by atoms with Gasteiger partial charge in [-0.05, 0) is 45.9 Å². The molecule has 2 rings (SSSR count). The molecule has 0 bridgehead atoms. The van der Waals surface area contributed by atoms with Gasteiger partial charge in [-0.25, -0.2) is 4.68 Å². The number of aromatic nitrogens is 2. The van der Waals surface area contributed by atoms with Crippen LogP contribution in [-0.4, -0.2) is 16.8 Å². The first-order chi connectivity index (χ1) is 8.52. The SMILES string of the molecule is CNCc1cn(-c2c(C)cc(C)cc2C)nc1C. The topological polar surface area (TPSA) is 29.9 Å². The van der Waals surface area contributed by atoms with E-state index in [1.165, 1.54) is 27.9 Å². The van der Waals surface area contributed by atoms with Gasteiger partial charge in [-0.2, -0.15) is 5.10 Å². The van der Waals surface area contributed by atoms with Gasteiger partial charge in [-0.3, -0.25) is 0 Å². The molecule has 0 saturated heterocycles. The Morgan fingerprint density at radius 3 is 2.28 bits per heavy atom. The van der Waals surface area contributed by atoms with E-state index in [2.05, 4.69) is 56.4 Å². The van der Waals surface area contributed by atoms with E-state index in [9.17, 15) is 0 Å². The van der Waals surface area contributed by atoms with E-state index in [0.717, 1.165) is 12.2 Å². The summed E-state index contributed by atoms with van der Waals surface area (Å²) in [6, 6.07) is 4.41. The molecule has 0 saturated carbocycles. The van der Waals surface area contributed by atoms with Crippen LogP contribution in [0.1, 0.15) is 27.9 Å². The third kappa shape index (κ3) is 2.31. The maximum absolute atomic E-state index is 4.63. The highest BCUT2D eigenvalue weighted by atomic mass is 15.3. The molecule has 0 radical (unpaired) electrons. The minimum absolute atomic E-state index is 0.857. The van der Waals surface area contributed by atoms with Crippen LogP contribution < -0.4 is 5.32 Å². The summed E-state index contributed by atoms with van der Waals surface area (Å²) in [5.74, 6) is 0. The summed E-state index contributed by atoms with van der Waals surface area (Å²) in [5.41, 5.74) is 7.37. The van der Waals surface area contributed by atoms with E-state index in [4.69, 9.17) is 0 Å². The van der Waals surface area contributed by atoms with Gasteiger partial charge in [0, 0.05) is 18.3 Å². The van der Waals surface area contributed by atoms with Gasteiger partial charge in [0.2, 0.25) is 0 Å². The van der Waals surface area contributed by atoms with E-state index in [1.54, 1.807) is 0 Å². The molecule has 1 aromatic heterocycles. The Hall–Kier alpha value is -1.61. The molecule has 1 heterocycles. The summed E-state index contributed by atoms with van der Waals surface area (Å²) < 4.78 is 2.01. The summed E-state index contributed by atoms with van der Waals surface area (Å²) in [6.07, 6.45) is 2.12. The lowest BCUT2D eigenvalue weighted by atomic mass is 10.1. The van der Waals surface area contributed by atoms with Gasteiger partial charge in [-0.1, -0.05) is 17.7 Å². The lowest BCUT2D eigenvalue weighted by Crippen LogP contribution is -2.05. The molecule has 18 heavy (non-hydrogen) atoms. The van der Waals surface area contributed by atoms with E-state index in [1.807, 2.05) is 11.7 Å². The largest absolute Gasteiger partial charge is 0.316 e. The van der Waals surface area contributed by atoms with E-state index < -0.39 is 0 Å².